The molecule has 0 unspecified atom stereocenters. The fraction of sp³-hybridized carbons (Fsp3) is 0.0455. The van der Waals surface area contributed by atoms with Gasteiger partial charge in [-0.1, -0.05) is 12.1 Å². The Bertz CT molecular complexity index is 1660. The monoisotopic (exact) mass is 415 g/mol. The Morgan fingerprint density at radius 1 is 1.13 bits per heavy atom. The highest BCUT2D eigenvalue weighted by atomic mass is 32.1. The molecule has 30 heavy (non-hydrogen) atoms. The molecule has 0 bridgehead atoms. The quantitative estimate of drug-likeness (QED) is 0.449. The van der Waals surface area contributed by atoms with Gasteiger partial charge in [0.2, 0.25) is 0 Å². The van der Waals surface area contributed by atoms with E-state index in [1.807, 2.05) is 36.7 Å². The van der Waals surface area contributed by atoms with Gasteiger partial charge in [0.1, 0.15) is 5.82 Å². The van der Waals surface area contributed by atoms with Gasteiger partial charge >= 0.3 is 0 Å². The van der Waals surface area contributed by atoms with Gasteiger partial charge in [-0.3, -0.25) is 14.6 Å². The third kappa shape index (κ3) is 2.37. The van der Waals surface area contributed by atoms with Crippen LogP contribution in [-0.2, 0) is 7.05 Å². The van der Waals surface area contributed by atoms with Crippen molar-refractivity contribution in [1.29, 1.82) is 0 Å². The van der Waals surface area contributed by atoms with Crippen molar-refractivity contribution >= 4 is 43.4 Å². The molecule has 0 atom stereocenters. The van der Waals surface area contributed by atoms with E-state index in [0.717, 1.165) is 16.3 Å². The molecule has 4 aromatic heterocycles. The Hall–Kier alpha value is -3.78. The van der Waals surface area contributed by atoms with Gasteiger partial charge in [0.25, 0.3) is 5.56 Å². The average Bonchev–Trinajstić information content (AvgIpc) is 3.45. The smallest absolute Gasteiger partial charge is 0.281 e. The van der Waals surface area contributed by atoms with Crippen molar-refractivity contribution in [2.75, 3.05) is 0 Å². The van der Waals surface area contributed by atoms with E-state index in [9.17, 15) is 9.18 Å². The number of aromatic nitrogens is 5. The van der Waals surface area contributed by atoms with Crippen molar-refractivity contribution in [2.45, 2.75) is 0 Å². The molecule has 0 spiro atoms. The molecule has 0 fully saturated rings. The van der Waals surface area contributed by atoms with Crippen LogP contribution < -0.4 is 5.56 Å². The van der Waals surface area contributed by atoms with E-state index in [1.165, 1.54) is 21.5 Å². The maximum atomic E-state index is 13.8. The zero-order valence-electron chi connectivity index (χ0n) is 15.8. The van der Waals surface area contributed by atoms with E-state index < -0.39 is 5.82 Å². The molecule has 6 aromatic rings. The number of H-pyrrole nitrogens is 1. The molecule has 8 heteroatoms. The number of hydrogen-bond donors (Lipinski definition) is 1. The standard InChI is InChI=1S/C22H14FN5OS/c1-27-21-16(11-24-27)20-18(22(29)28(26-20)15-4-2-3-14(23)10-15)19(25-21)13-5-6-17-12(9-13)7-8-30-17/h2-11,26H,1H3. The summed E-state index contributed by atoms with van der Waals surface area (Å²) < 4.78 is 18.0. The lowest BCUT2D eigenvalue weighted by Crippen LogP contribution is -2.15. The maximum absolute atomic E-state index is 13.8. The van der Waals surface area contributed by atoms with Crippen LogP contribution in [0.1, 0.15) is 0 Å². The van der Waals surface area contributed by atoms with Gasteiger partial charge in [0.15, 0.2) is 5.65 Å². The number of aryl methyl sites for hydroxylation is 1. The van der Waals surface area contributed by atoms with Crippen molar-refractivity contribution in [2.24, 2.45) is 7.05 Å². The van der Waals surface area contributed by atoms with E-state index in [-0.39, 0.29) is 5.56 Å². The number of pyridine rings is 1. The van der Waals surface area contributed by atoms with Gasteiger partial charge in [-0.25, -0.2) is 14.1 Å². The van der Waals surface area contributed by atoms with Crippen molar-refractivity contribution in [1.82, 2.24) is 24.5 Å². The number of nitrogens with one attached hydrogen (secondary N) is 1. The minimum atomic E-state index is -0.411. The summed E-state index contributed by atoms with van der Waals surface area (Å²) in [7, 11) is 1.81. The van der Waals surface area contributed by atoms with Gasteiger partial charge in [-0.15, -0.1) is 11.3 Å². The van der Waals surface area contributed by atoms with E-state index in [4.69, 9.17) is 4.98 Å². The number of aromatic amines is 1. The van der Waals surface area contributed by atoms with Crippen molar-refractivity contribution in [3.8, 4) is 16.9 Å². The second-order valence-corrected chi connectivity index (χ2v) is 8.07. The normalized spacial score (nSPS) is 11.8. The van der Waals surface area contributed by atoms with Crippen LogP contribution in [0.3, 0.4) is 0 Å². The summed E-state index contributed by atoms with van der Waals surface area (Å²) in [4.78, 5) is 18.2. The molecule has 0 saturated heterocycles. The zero-order valence-corrected chi connectivity index (χ0v) is 16.6. The summed E-state index contributed by atoms with van der Waals surface area (Å²) in [6.07, 6.45) is 1.68. The lowest BCUT2D eigenvalue weighted by molar-refractivity contribution is 0.625. The van der Waals surface area contributed by atoms with Gasteiger partial charge < -0.3 is 0 Å². The predicted octanol–water partition coefficient (Wildman–Crippen LogP) is 4.62. The second kappa shape index (κ2) is 6.11. The lowest BCUT2D eigenvalue weighted by Gasteiger charge is -2.04. The van der Waals surface area contributed by atoms with E-state index in [1.54, 1.807) is 34.3 Å². The highest BCUT2D eigenvalue weighted by molar-refractivity contribution is 7.17. The zero-order chi connectivity index (χ0) is 20.4. The van der Waals surface area contributed by atoms with Gasteiger partial charge in [-0.05, 0) is 47.2 Å². The van der Waals surface area contributed by atoms with Gasteiger partial charge in [-0.2, -0.15) is 5.10 Å². The summed E-state index contributed by atoms with van der Waals surface area (Å²) in [5, 5.41) is 11.8. The summed E-state index contributed by atoms with van der Waals surface area (Å²) in [6, 6.07) is 14.0. The lowest BCUT2D eigenvalue weighted by atomic mass is 10.1. The molecular formula is C22H14FN5OS. The SMILES string of the molecule is Cn1ncc2c3[nH]n(-c4cccc(F)c4)c(=O)c3c(-c3ccc4sccc4c3)nc21. The molecule has 0 aliphatic rings. The molecule has 0 aliphatic heterocycles. The first-order valence-electron chi connectivity index (χ1n) is 9.30. The summed E-state index contributed by atoms with van der Waals surface area (Å²) >= 11 is 1.67. The number of benzene rings is 2. The van der Waals surface area contributed by atoms with Crippen LogP contribution in [0, 0.1) is 5.82 Å². The molecule has 0 saturated carbocycles. The molecule has 2 aromatic carbocycles. The average molecular weight is 415 g/mol. The Labute approximate surface area is 172 Å². The molecule has 6 rings (SSSR count). The molecule has 0 aliphatic carbocycles. The molecule has 6 nitrogen and oxygen atoms in total. The number of thiophene rings is 1. The Morgan fingerprint density at radius 3 is 2.90 bits per heavy atom. The highest BCUT2D eigenvalue weighted by Gasteiger charge is 2.20. The first-order chi connectivity index (χ1) is 14.6. The van der Waals surface area contributed by atoms with Crippen LogP contribution in [0.2, 0.25) is 0 Å². The largest absolute Gasteiger partial charge is 0.289 e. The van der Waals surface area contributed by atoms with Crippen molar-refractivity contribution in [3.63, 3.8) is 0 Å². The third-order valence-electron chi connectivity index (χ3n) is 5.31. The van der Waals surface area contributed by atoms with Gasteiger partial charge in [0.05, 0.1) is 33.9 Å². The first-order valence-corrected chi connectivity index (χ1v) is 10.2. The Morgan fingerprint density at radius 2 is 2.03 bits per heavy atom. The van der Waals surface area contributed by atoms with E-state index >= 15 is 0 Å². The van der Waals surface area contributed by atoms with E-state index in [2.05, 4.69) is 10.2 Å². The maximum Gasteiger partial charge on any atom is 0.281 e. The van der Waals surface area contributed by atoms with Crippen LogP contribution in [0.5, 0.6) is 0 Å². The van der Waals surface area contributed by atoms with Gasteiger partial charge in [0, 0.05) is 17.3 Å². The summed E-state index contributed by atoms with van der Waals surface area (Å²) in [5.41, 5.74) is 2.85. The van der Waals surface area contributed by atoms with Crippen molar-refractivity contribution < 1.29 is 4.39 Å². The van der Waals surface area contributed by atoms with Crippen LogP contribution in [0.15, 0.2) is 64.9 Å². The molecular weight excluding hydrogens is 401 g/mol. The molecule has 146 valence electrons. The van der Waals surface area contributed by atoms with Crippen LogP contribution in [0.4, 0.5) is 4.39 Å². The fourth-order valence-corrected chi connectivity index (χ4v) is 4.64. The number of fused-ring (bicyclic) bond motifs is 4. The number of halogens is 1. The number of rotatable bonds is 2. The molecule has 1 N–H and O–H groups in total. The number of hydrogen-bond acceptors (Lipinski definition) is 4. The topological polar surface area (TPSA) is 68.5 Å². The van der Waals surface area contributed by atoms with Crippen molar-refractivity contribution in [3.05, 3.63) is 76.3 Å². The first kappa shape index (κ1) is 17.1. The molecule has 0 radical (unpaired) electrons. The minimum absolute atomic E-state index is 0.283. The Kier molecular flexibility index (Phi) is 3.48. The summed E-state index contributed by atoms with van der Waals surface area (Å²) in [6.45, 7) is 0. The highest BCUT2D eigenvalue weighted by Crippen LogP contribution is 2.32. The predicted molar refractivity (Wildman–Crippen MR) is 117 cm³/mol. The fourth-order valence-electron chi connectivity index (χ4n) is 3.87. The third-order valence-corrected chi connectivity index (χ3v) is 6.21. The van der Waals surface area contributed by atoms with Crippen LogP contribution >= 0.6 is 11.3 Å². The molecule has 0 amide bonds. The van der Waals surface area contributed by atoms with Crippen LogP contribution in [0.25, 0.3) is 49.0 Å². The second-order valence-electron chi connectivity index (χ2n) is 7.12. The molecule has 4 heterocycles. The minimum Gasteiger partial charge on any atom is -0.289 e. The summed E-state index contributed by atoms with van der Waals surface area (Å²) in [5.74, 6) is -0.411. The van der Waals surface area contributed by atoms with Crippen LogP contribution in [-0.4, -0.2) is 24.5 Å². The Balaban J connectivity index is 1.74. The van der Waals surface area contributed by atoms with E-state index in [0.29, 0.717) is 27.9 Å². The number of nitrogens with zero attached hydrogens (tertiary/aromatic N) is 4.